The predicted molar refractivity (Wildman–Crippen MR) is 168 cm³/mol. The summed E-state index contributed by atoms with van der Waals surface area (Å²) in [5.41, 5.74) is 4.44. The number of hydrogen-bond acceptors (Lipinski definition) is 8. The molecule has 0 aromatic heterocycles. The lowest BCUT2D eigenvalue weighted by Crippen LogP contribution is -2.29. The van der Waals surface area contributed by atoms with E-state index in [4.69, 9.17) is 14.2 Å². The minimum Gasteiger partial charge on any atom is -0.493 e. The molecule has 1 aliphatic rings. The molecule has 0 spiro atoms. The molecule has 1 amide bonds. The van der Waals surface area contributed by atoms with Crippen molar-refractivity contribution in [1.82, 2.24) is 5.32 Å². The van der Waals surface area contributed by atoms with E-state index >= 15 is 0 Å². The molecule has 0 saturated carbocycles. The van der Waals surface area contributed by atoms with Gasteiger partial charge in [-0.05, 0) is 54.8 Å². The Balaban J connectivity index is 1.65. The summed E-state index contributed by atoms with van der Waals surface area (Å²) in [4.78, 5) is 26.0. The maximum atomic E-state index is 13.3. The van der Waals surface area contributed by atoms with Crippen molar-refractivity contribution in [3.8, 4) is 17.6 Å². The number of allylic oxidation sites excluding steroid dienone is 2. The van der Waals surface area contributed by atoms with Gasteiger partial charge in [0.2, 0.25) is 5.91 Å². The van der Waals surface area contributed by atoms with Crippen LogP contribution in [0.2, 0.25) is 0 Å². The number of carbonyl (C=O) groups excluding carboxylic acids is 2. The van der Waals surface area contributed by atoms with E-state index in [1.165, 1.54) is 24.9 Å². The zero-order valence-electron chi connectivity index (χ0n) is 24.3. The molecule has 220 valence electrons. The van der Waals surface area contributed by atoms with E-state index < -0.39 is 11.9 Å². The second kappa shape index (κ2) is 14.8. The molecule has 0 fully saturated rings. The van der Waals surface area contributed by atoms with Gasteiger partial charge in [-0.15, -0.1) is 0 Å². The van der Waals surface area contributed by atoms with Crippen molar-refractivity contribution in [2.45, 2.75) is 26.4 Å². The van der Waals surface area contributed by atoms with Crippen LogP contribution in [0.3, 0.4) is 0 Å². The first-order valence-electron chi connectivity index (χ1n) is 13.6. The lowest BCUT2D eigenvalue weighted by atomic mass is 9.82. The van der Waals surface area contributed by atoms with Crippen LogP contribution < -0.4 is 20.1 Å². The molecule has 1 unspecified atom stereocenters. The van der Waals surface area contributed by atoms with Crippen LogP contribution in [0.1, 0.15) is 29.5 Å². The SMILES string of the molecule is C=CCOC(=O)C1=C(C)NC(SCC(=O)Nc2cccc(C)c2)=C(C#N)C1c1ccc(OCc2ccccc2)c(OC)c1. The van der Waals surface area contributed by atoms with E-state index in [2.05, 4.69) is 23.3 Å². The number of anilines is 1. The number of dihydropyridines is 1. The predicted octanol–water partition coefficient (Wildman–Crippen LogP) is 6.38. The third-order valence-corrected chi connectivity index (χ3v) is 7.62. The van der Waals surface area contributed by atoms with Crippen molar-refractivity contribution >= 4 is 29.3 Å². The third kappa shape index (κ3) is 7.87. The summed E-state index contributed by atoms with van der Waals surface area (Å²) in [6.07, 6.45) is 1.48. The quantitative estimate of drug-likeness (QED) is 0.183. The second-order valence-electron chi connectivity index (χ2n) is 9.73. The Kier molecular flexibility index (Phi) is 10.7. The Morgan fingerprint density at radius 2 is 1.86 bits per heavy atom. The fourth-order valence-corrected chi connectivity index (χ4v) is 5.51. The minimum absolute atomic E-state index is 0.0181. The van der Waals surface area contributed by atoms with E-state index in [1.54, 1.807) is 25.1 Å². The molecule has 3 aromatic carbocycles. The standard InChI is InChI=1S/C34H33N3O5S/c1-5-16-41-34(39)31-23(3)36-33(43-21-30(38)37-26-13-9-10-22(2)17-26)27(19-35)32(31)25-14-15-28(29(18-25)40-4)42-20-24-11-7-6-8-12-24/h5-15,17-18,32,36H,1,16,20-21H2,2-4H3,(H,37,38). The van der Waals surface area contributed by atoms with Crippen LogP contribution in [0.15, 0.2) is 107 Å². The average Bonchev–Trinajstić information content (AvgIpc) is 3.01. The number of rotatable bonds is 12. The number of esters is 1. The van der Waals surface area contributed by atoms with E-state index in [9.17, 15) is 14.9 Å². The molecule has 9 heteroatoms. The lowest BCUT2D eigenvalue weighted by molar-refractivity contribution is -0.138. The van der Waals surface area contributed by atoms with Gasteiger partial charge >= 0.3 is 5.97 Å². The summed E-state index contributed by atoms with van der Waals surface area (Å²) < 4.78 is 17.1. The number of aryl methyl sites for hydroxylation is 1. The number of ether oxygens (including phenoxy) is 3. The summed E-state index contributed by atoms with van der Waals surface area (Å²) in [6.45, 7) is 7.68. The molecule has 4 rings (SSSR count). The normalized spacial score (nSPS) is 14.3. The van der Waals surface area contributed by atoms with Crippen molar-refractivity contribution in [1.29, 1.82) is 5.26 Å². The molecular formula is C34H33N3O5S. The van der Waals surface area contributed by atoms with Gasteiger partial charge in [0, 0.05) is 11.4 Å². The van der Waals surface area contributed by atoms with Crippen molar-refractivity contribution in [3.63, 3.8) is 0 Å². The summed E-state index contributed by atoms with van der Waals surface area (Å²) in [7, 11) is 1.53. The van der Waals surface area contributed by atoms with Crippen molar-refractivity contribution in [2.75, 3.05) is 24.8 Å². The zero-order chi connectivity index (χ0) is 30.8. The highest BCUT2D eigenvalue weighted by Crippen LogP contribution is 2.43. The van der Waals surface area contributed by atoms with Crippen molar-refractivity contribution < 1.29 is 23.8 Å². The van der Waals surface area contributed by atoms with Gasteiger partial charge in [-0.2, -0.15) is 5.26 Å². The smallest absolute Gasteiger partial charge is 0.337 e. The van der Waals surface area contributed by atoms with Gasteiger partial charge in [-0.1, -0.05) is 72.9 Å². The number of benzene rings is 3. The van der Waals surface area contributed by atoms with E-state index in [-0.39, 0.29) is 29.4 Å². The van der Waals surface area contributed by atoms with Crippen LogP contribution >= 0.6 is 11.8 Å². The fraction of sp³-hybridized carbons (Fsp3) is 0.206. The van der Waals surface area contributed by atoms with Gasteiger partial charge < -0.3 is 24.8 Å². The molecule has 0 saturated heterocycles. The van der Waals surface area contributed by atoms with Crippen LogP contribution in [0.25, 0.3) is 0 Å². The Morgan fingerprint density at radius 1 is 1.07 bits per heavy atom. The molecule has 43 heavy (non-hydrogen) atoms. The number of nitrogens with zero attached hydrogens (tertiary/aromatic N) is 1. The number of nitrogens with one attached hydrogen (secondary N) is 2. The van der Waals surface area contributed by atoms with Crippen molar-refractivity contribution in [2.24, 2.45) is 0 Å². The van der Waals surface area contributed by atoms with Crippen LogP contribution in [0, 0.1) is 18.3 Å². The number of hydrogen-bond donors (Lipinski definition) is 2. The topological polar surface area (TPSA) is 110 Å². The molecule has 8 nitrogen and oxygen atoms in total. The maximum Gasteiger partial charge on any atom is 0.337 e. The van der Waals surface area contributed by atoms with Crippen LogP contribution in [0.5, 0.6) is 11.5 Å². The van der Waals surface area contributed by atoms with Crippen LogP contribution in [-0.2, 0) is 20.9 Å². The fourth-order valence-electron chi connectivity index (χ4n) is 4.62. The summed E-state index contributed by atoms with van der Waals surface area (Å²) in [5.74, 6) is -0.556. The van der Waals surface area contributed by atoms with E-state index in [1.807, 2.05) is 61.5 Å². The van der Waals surface area contributed by atoms with Crippen LogP contribution in [-0.4, -0.2) is 31.3 Å². The first-order valence-corrected chi connectivity index (χ1v) is 14.6. The first kappa shape index (κ1) is 31.0. The first-order chi connectivity index (χ1) is 20.8. The van der Waals surface area contributed by atoms with Crippen LogP contribution in [0.4, 0.5) is 5.69 Å². The molecule has 3 aromatic rings. The monoisotopic (exact) mass is 595 g/mol. The largest absolute Gasteiger partial charge is 0.493 e. The summed E-state index contributed by atoms with van der Waals surface area (Å²) in [6, 6.07) is 24.9. The highest BCUT2D eigenvalue weighted by molar-refractivity contribution is 8.03. The number of nitriles is 1. The van der Waals surface area contributed by atoms with Gasteiger partial charge in [0.1, 0.15) is 13.2 Å². The Morgan fingerprint density at radius 3 is 2.56 bits per heavy atom. The van der Waals surface area contributed by atoms with E-state index in [0.717, 1.165) is 11.1 Å². The zero-order valence-corrected chi connectivity index (χ0v) is 25.1. The highest BCUT2D eigenvalue weighted by Gasteiger charge is 2.36. The maximum absolute atomic E-state index is 13.3. The molecule has 1 aliphatic heterocycles. The van der Waals surface area contributed by atoms with Crippen molar-refractivity contribution in [3.05, 3.63) is 124 Å². The second-order valence-corrected chi connectivity index (χ2v) is 10.7. The Hall–Kier alpha value is -4.94. The minimum atomic E-state index is -0.775. The van der Waals surface area contributed by atoms with Gasteiger partial charge in [0.15, 0.2) is 11.5 Å². The van der Waals surface area contributed by atoms with Gasteiger partial charge in [-0.25, -0.2) is 4.79 Å². The average molecular weight is 596 g/mol. The van der Waals surface area contributed by atoms with Gasteiger partial charge in [0.05, 0.1) is 41.0 Å². The molecule has 0 aliphatic carbocycles. The summed E-state index contributed by atoms with van der Waals surface area (Å²) in [5, 5.41) is 16.9. The van der Waals surface area contributed by atoms with Gasteiger partial charge in [-0.3, -0.25) is 4.79 Å². The number of methoxy groups -OCH3 is 1. The molecule has 0 radical (unpaired) electrons. The summed E-state index contributed by atoms with van der Waals surface area (Å²) >= 11 is 1.19. The number of carbonyl (C=O) groups is 2. The highest BCUT2D eigenvalue weighted by atomic mass is 32.2. The Bertz CT molecular complexity index is 1610. The number of thioether (sulfide) groups is 1. The molecular weight excluding hydrogens is 562 g/mol. The third-order valence-electron chi connectivity index (χ3n) is 6.61. The molecule has 1 heterocycles. The van der Waals surface area contributed by atoms with Gasteiger partial charge in [0.25, 0.3) is 0 Å². The lowest BCUT2D eigenvalue weighted by Gasteiger charge is -2.29. The number of amides is 1. The molecule has 2 N–H and O–H groups in total. The molecule has 1 atom stereocenters. The van der Waals surface area contributed by atoms with E-state index in [0.29, 0.717) is 40.1 Å². The Labute approximate surface area is 256 Å². The molecule has 0 bridgehead atoms.